The highest BCUT2D eigenvalue weighted by Gasteiger charge is 2.14. The van der Waals surface area contributed by atoms with Crippen LogP contribution in [-0.4, -0.2) is 48.8 Å². The minimum Gasteiger partial charge on any atom is -0.491 e. The lowest BCUT2D eigenvalue weighted by atomic mass is 10.1. The van der Waals surface area contributed by atoms with Gasteiger partial charge in [0.2, 0.25) is 0 Å². The Kier molecular flexibility index (Phi) is 2.43. The molecule has 1 unspecified atom stereocenters. The van der Waals surface area contributed by atoms with Crippen molar-refractivity contribution in [2.24, 2.45) is 0 Å². The van der Waals surface area contributed by atoms with Gasteiger partial charge in [-0.15, -0.1) is 0 Å². The third-order valence-electron chi connectivity index (χ3n) is 2.14. The van der Waals surface area contributed by atoms with Gasteiger partial charge in [0.05, 0.1) is 13.4 Å². The van der Waals surface area contributed by atoms with Gasteiger partial charge >= 0.3 is 0 Å². The first-order valence-corrected chi connectivity index (χ1v) is 5.62. The highest BCUT2D eigenvalue weighted by Crippen LogP contribution is 2.13. The van der Waals surface area contributed by atoms with Gasteiger partial charge in [0.1, 0.15) is 24.2 Å². The molecule has 5 nitrogen and oxygen atoms in total. The second-order valence-electron chi connectivity index (χ2n) is 3.91. The molecule has 114 valence electrons. The van der Waals surface area contributed by atoms with Crippen LogP contribution in [0.3, 0.4) is 0 Å². The molecule has 0 saturated carbocycles. The summed E-state index contributed by atoms with van der Waals surface area (Å²) in [6.07, 6.45) is -4.30. The van der Waals surface area contributed by atoms with Crippen molar-refractivity contribution in [3.8, 4) is 5.75 Å². The molecule has 0 aromatic heterocycles. The number of methoxy groups -OCH3 is 1. The fraction of sp³-hybridized carbons (Fsp3) is 0.600. The van der Waals surface area contributed by atoms with Gasteiger partial charge in [-0.2, -0.15) is 0 Å². The van der Waals surface area contributed by atoms with E-state index < -0.39 is 58.7 Å². The van der Waals surface area contributed by atoms with Crippen molar-refractivity contribution in [1.82, 2.24) is 5.32 Å². The maximum Gasteiger partial charge on any atom is 0.119 e. The van der Waals surface area contributed by atoms with Gasteiger partial charge in [-0.1, -0.05) is 12.1 Å². The highest BCUT2D eigenvalue weighted by atomic mass is 16.5. The van der Waals surface area contributed by atoms with E-state index in [9.17, 15) is 10.2 Å². The second-order valence-corrected chi connectivity index (χ2v) is 3.91. The average Bonchev–Trinajstić information content (AvgIpc) is 2.60. The first-order chi connectivity index (χ1) is 14.5. The second kappa shape index (κ2) is 8.21. The quantitative estimate of drug-likeness (QED) is 0.592. The first-order valence-electron chi connectivity index (χ1n) is 12.1. The van der Waals surface area contributed by atoms with Crippen LogP contribution in [0.1, 0.15) is 37.1 Å². The predicted octanol–water partition coefficient (Wildman–Crippen LogP) is 0.933. The van der Waals surface area contributed by atoms with E-state index in [1.54, 1.807) is 0 Å². The van der Waals surface area contributed by atoms with E-state index >= 15 is 0 Å². The van der Waals surface area contributed by atoms with Crippen molar-refractivity contribution in [1.29, 1.82) is 0 Å². The van der Waals surface area contributed by atoms with Gasteiger partial charge in [0.15, 0.2) is 0 Å². The van der Waals surface area contributed by atoms with Crippen LogP contribution in [0.2, 0.25) is 0 Å². The molecule has 20 heavy (non-hydrogen) atoms. The van der Waals surface area contributed by atoms with E-state index in [1.807, 2.05) is 5.32 Å². The fourth-order valence-corrected chi connectivity index (χ4v) is 1.24. The summed E-state index contributed by atoms with van der Waals surface area (Å²) in [5.74, 6) is 0.0767. The largest absolute Gasteiger partial charge is 0.491 e. The minimum absolute atomic E-state index is 0.0767. The SMILES string of the molecule is [2H]C([2H])([2H])OC([2H])([2H])C([2H])([2H])c1ccc(OCC(O)CNC(O)(C([2H])([2H])[2H])C([2H])([2H])[2H])cc1. The molecule has 5 heteroatoms. The number of ether oxygens (including phenoxy) is 2. The summed E-state index contributed by atoms with van der Waals surface area (Å²) in [5, 5.41) is 21.9. The Morgan fingerprint density at radius 1 is 1.40 bits per heavy atom. The number of benzene rings is 1. The molecule has 0 heterocycles. The number of rotatable bonds is 9. The van der Waals surface area contributed by atoms with Gasteiger partial charge in [0, 0.05) is 24.5 Å². The molecule has 0 saturated heterocycles. The third-order valence-corrected chi connectivity index (χ3v) is 2.14. The molecule has 1 aromatic rings. The van der Waals surface area contributed by atoms with Gasteiger partial charge < -0.3 is 19.7 Å². The normalized spacial score (nSPS) is 26.2. The summed E-state index contributed by atoms with van der Waals surface area (Å²) in [5.41, 5.74) is -3.52. The number of aliphatic hydroxyl groups excluding tert-OH is 1. The zero-order valence-electron chi connectivity index (χ0n) is 23.5. The molecule has 0 aliphatic rings. The molecule has 0 radical (unpaired) electrons. The van der Waals surface area contributed by atoms with Crippen molar-refractivity contribution in [3.63, 3.8) is 0 Å². The molecule has 0 aliphatic carbocycles. The van der Waals surface area contributed by atoms with Crippen molar-refractivity contribution in [3.05, 3.63) is 29.8 Å². The van der Waals surface area contributed by atoms with Crippen LogP contribution in [0.25, 0.3) is 0 Å². The van der Waals surface area contributed by atoms with Gasteiger partial charge in [-0.25, -0.2) is 0 Å². The van der Waals surface area contributed by atoms with Gasteiger partial charge in [-0.3, -0.25) is 5.32 Å². The van der Waals surface area contributed by atoms with Crippen LogP contribution < -0.4 is 10.1 Å². The van der Waals surface area contributed by atoms with Crippen LogP contribution in [0.5, 0.6) is 5.75 Å². The standard InChI is InChI=1S/C15H25NO4/c1-15(2,18)16-10-13(17)11-20-14-6-4-12(5-7-14)8-9-19-3/h4-7,13,16-18H,8-11H2,1-3H3/i1D3,2D3,3D3,8D2,9D2. The lowest BCUT2D eigenvalue weighted by Gasteiger charge is -2.21. The molecule has 0 spiro atoms. The summed E-state index contributed by atoms with van der Waals surface area (Å²) in [6.45, 7) is -10.9. The first kappa shape index (κ1) is 5.93. The van der Waals surface area contributed by atoms with E-state index in [0.29, 0.717) is 0 Å². The smallest absolute Gasteiger partial charge is 0.119 e. The van der Waals surface area contributed by atoms with Crippen molar-refractivity contribution < 1.29 is 37.5 Å². The molecule has 0 amide bonds. The van der Waals surface area contributed by atoms with Crippen molar-refractivity contribution >= 4 is 0 Å². The van der Waals surface area contributed by atoms with E-state index in [4.69, 9.17) is 22.6 Å². The molecule has 1 aromatic carbocycles. The number of nitrogens with one attached hydrogen (secondary N) is 1. The Balaban J connectivity index is 2.79. The van der Waals surface area contributed by atoms with Crippen LogP contribution in [0, 0.1) is 0 Å². The lowest BCUT2D eigenvalue weighted by Crippen LogP contribution is -2.44. The predicted molar refractivity (Wildman–Crippen MR) is 77.8 cm³/mol. The number of hydrogen-bond acceptors (Lipinski definition) is 5. The van der Waals surface area contributed by atoms with Crippen LogP contribution in [0.15, 0.2) is 24.3 Å². The monoisotopic (exact) mass is 296 g/mol. The maximum absolute atomic E-state index is 10.1. The molecule has 0 aliphatic heterocycles. The van der Waals surface area contributed by atoms with E-state index in [-0.39, 0.29) is 11.3 Å². The van der Waals surface area contributed by atoms with Gasteiger partial charge in [0.25, 0.3) is 0 Å². The summed E-state index contributed by atoms with van der Waals surface area (Å²) in [6, 6.07) is 4.64. The Bertz CT molecular complexity index is 760. The highest BCUT2D eigenvalue weighted by molar-refractivity contribution is 5.27. The molecular weight excluding hydrogens is 258 g/mol. The molecule has 3 N–H and O–H groups in total. The maximum atomic E-state index is 10.1. The summed E-state index contributed by atoms with van der Waals surface area (Å²) < 4.78 is 105. The van der Waals surface area contributed by atoms with Crippen LogP contribution in [-0.2, 0) is 11.1 Å². The Morgan fingerprint density at radius 2 is 2.15 bits per heavy atom. The van der Waals surface area contributed by atoms with Crippen molar-refractivity contribution in [2.75, 3.05) is 26.7 Å². The summed E-state index contributed by atoms with van der Waals surface area (Å²) in [4.78, 5) is 0. The average molecular weight is 296 g/mol. The number of aryl methyl sites for hydroxylation is 1. The van der Waals surface area contributed by atoms with Crippen molar-refractivity contribution in [2.45, 2.75) is 31.9 Å². The molecular formula is C15H25NO4. The number of aliphatic hydroxyl groups is 2. The van der Waals surface area contributed by atoms with Crippen LogP contribution in [0.4, 0.5) is 0 Å². The Hall–Kier alpha value is -1.14. The Morgan fingerprint density at radius 3 is 2.80 bits per heavy atom. The minimum atomic E-state index is -3.32. The number of hydrogen-bond donors (Lipinski definition) is 3. The topological polar surface area (TPSA) is 71.0 Å². The van der Waals surface area contributed by atoms with E-state index in [1.165, 1.54) is 12.1 Å². The van der Waals surface area contributed by atoms with Crippen LogP contribution >= 0.6 is 0 Å². The summed E-state index contributed by atoms with van der Waals surface area (Å²) in [7, 11) is -3.17. The zero-order valence-corrected chi connectivity index (χ0v) is 10.5. The molecule has 1 atom stereocenters. The van der Waals surface area contributed by atoms with Gasteiger partial charge in [-0.05, 0) is 37.8 Å². The molecule has 0 bridgehead atoms. The van der Waals surface area contributed by atoms with E-state index in [2.05, 4.69) is 4.74 Å². The summed E-state index contributed by atoms with van der Waals surface area (Å²) >= 11 is 0. The zero-order chi connectivity index (χ0) is 26.1. The Labute approximate surface area is 138 Å². The third kappa shape index (κ3) is 7.45. The van der Waals surface area contributed by atoms with E-state index in [0.717, 1.165) is 12.1 Å². The lowest BCUT2D eigenvalue weighted by molar-refractivity contribution is 0.0200. The fourth-order valence-electron chi connectivity index (χ4n) is 1.24. The molecule has 0 fully saturated rings. The molecule has 1 rings (SSSR count).